The van der Waals surface area contributed by atoms with Gasteiger partial charge in [-0.2, -0.15) is 0 Å². The SMILES string of the molecule is CCOc1cccc(CN)c1OC1CCCCNC1=O. The van der Waals surface area contributed by atoms with Crippen LogP contribution in [0, 0.1) is 0 Å². The molecule has 5 heteroatoms. The summed E-state index contributed by atoms with van der Waals surface area (Å²) in [5, 5.41) is 2.87. The first kappa shape index (κ1) is 14.7. The van der Waals surface area contributed by atoms with Gasteiger partial charge in [-0.3, -0.25) is 4.79 Å². The van der Waals surface area contributed by atoms with Crippen LogP contribution in [0.15, 0.2) is 18.2 Å². The molecule has 20 heavy (non-hydrogen) atoms. The monoisotopic (exact) mass is 278 g/mol. The highest BCUT2D eigenvalue weighted by atomic mass is 16.5. The van der Waals surface area contributed by atoms with E-state index in [1.807, 2.05) is 25.1 Å². The summed E-state index contributed by atoms with van der Waals surface area (Å²) in [6.07, 6.45) is 2.21. The first-order chi connectivity index (χ1) is 9.76. The summed E-state index contributed by atoms with van der Waals surface area (Å²) >= 11 is 0. The van der Waals surface area contributed by atoms with E-state index in [0.29, 0.717) is 24.7 Å². The van der Waals surface area contributed by atoms with Crippen LogP contribution in [0.3, 0.4) is 0 Å². The molecule has 1 aromatic rings. The Morgan fingerprint density at radius 3 is 3.00 bits per heavy atom. The van der Waals surface area contributed by atoms with Gasteiger partial charge in [0.05, 0.1) is 6.61 Å². The van der Waals surface area contributed by atoms with Crippen LogP contribution in [-0.2, 0) is 11.3 Å². The molecule has 0 saturated carbocycles. The number of rotatable bonds is 5. The number of para-hydroxylation sites is 1. The molecule has 5 nitrogen and oxygen atoms in total. The van der Waals surface area contributed by atoms with Crippen LogP contribution >= 0.6 is 0 Å². The quantitative estimate of drug-likeness (QED) is 0.858. The summed E-state index contributed by atoms with van der Waals surface area (Å²) in [6, 6.07) is 5.62. The molecule has 1 aromatic carbocycles. The third kappa shape index (κ3) is 3.42. The number of nitrogens with one attached hydrogen (secondary N) is 1. The number of carbonyl (C=O) groups excluding carboxylic acids is 1. The Kier molecular flexibility index (Phi) is 5.24. The van der Waals surface area contributed by atoms with Crippen molar-refractivity contribution in [3.05, 3.63) is 23.8 Å². The van der Waals surface area contributed by atoms with E-state index in [0.717, 1.165) is 31.4 Å². The van der Waals surface area contributed by atoms with Gasteiger partial charge < -0.3 is 20.5 Å². The number of carbonyl (C=O) groups is 1. The van der Waals surface area contributed by atoms with Gasteiger partial charge in [-0.1, -0.05) is 12.1 Å². The van der Waals surface area contributed by atoms with Crippen LogP contribution in [0.2, 0.25) is 0 Å². The summed E-state index contributed by atoms with van der Waals surface area (Å²) in [5.41, 5.74) is 6.60. The molecule has 0 aliphatic carbocycles. The van der Waals surface area contributed by atoms with Crippen molar-refractivity contribution in [2.24, 2.45) is 5.73 Å². The van der Waals surface area contributed by atoms with Crippen LogP contribution in [0.5, 0.6) is 11.5 Å². The molecule has 1 unspecified atom stereocenters. The lowest BCUT2D eigenvalue weighted by molar-refractivity contribution is -0.127. The van der Waals surface area contributed by atoms with Gasteiger partial charge in [0.2, 0.25) is 0 Å². The Hall–Kier alpha value is -1.75. The molecule has 2 rings (SSSR count). The molecule has 0 bridgehead atoms. The minimum atomic E-state index is -0.468. The average Bonchev–Trinajstić information content (AvgIpc) is 2.66. The fraction of sp³-hybridized carbons (Fsp3) is 0.533. The second-order valence-electron chi connectivity index (χ2n) is 4.77. The van der Waals surface area contributed by atoms with Crippen molar-refractivity contribution in [2.75, 3.05) is 13.2 Å². The van der Waals surface area contributed by atoms with E-state index >= 15 is 0 Å². The molecule has 1 fully saturated rings. The average molecular weight is 278 g/mol. The summed E-state index contributed by atoms with van der Waals surface area (Å²) in [4.78, 5) is 12.0. The fourth-order valence-corrected chi connectivity index (χ4v) is 2.29. The number of hydrogen-bond donors (Lipinski definition) is 2. The Morgan fingerprint density at radius 2 is 2.25 bits per heavy atom. The number of benzene rings is 1. The minimum absolute atomic E-state index is 0.0585. The third-order valence-electron chi connectivity index (χ3n) is 3.33. The molecule has 110 valence electrons. The maximum Gasteiger partial charge on any atom is 0.261 e. The van der Waals surface area contributed by atoms with Gasteiger partial charge in [0.15, 0.2) is 17.6 Å². The van der Waals surface area contributed by atoms with Gasteiger partial charge in [0, 0.05) is 18.7 Å². The molecule has 1 saturated heterocycles. The number of ether oxygens (including phenoxy) is 2. The van der Waals surface area contributed by atoms with E-state index in [1.165, 1.54) is 0 Å². The van der Waals surface area contributed by atoms with E-state index in [2.05, 4.69) is 5.32 Å². The van der Waals surface area contributed by atoms with Gasteiger partial charge in [0.25, 0.3) is 5.91 Å². The van der Waals surface area contributed by atoms with E-state index < -0.39 is 6.10 Å². The lowest BCUT2D eigenvalue weighted by Crippen LogP contribution is -2.36. The van der Waals surface area contributed by atoms with Crippen molar-refractivity contribution in [1.82, 2.24) is 5.32 Å². The number of amides is 1. The molecule has 1 heterocycles. The first-order valence-electron chi connectivity index (χ1n) is 7.15. The van der Waals surface area contributed by atoms with Gasteiger partial charge in [-0.25, -0.2) is 0 Å². The van der Waals surface area contributed by atoms with Crippen molar-refractivity contribution in [1.29, 1.82) is 0 Å². The normalized spacial score (nSPS) is 19.1. The second kappa shape index (κ2) is 7.14. The zero-order chi connectivity index (χ0) is 14.4. The molecule has 1 amide bonds. The largest absolute Gasteiger partial charge is 0.490 e. The number of hydrogen-bond acceptors (Lipinski definition) is 4. The highest BCUT2D eigenvalue weighted by molar-refractivity contribution is 5.81. The molecular weight excluding hydrogens is 256 g/mol. The topological polar surface area (TPSA) is 73.6 Å². The summed E-state index contributed by atoms with van der Waals surface area (Å²) in [7, 11) is 0. The van der Waals surface area contributed by atoms with Gasteiger partial charge >= 0.3 is 0 Å². The molecule has 0 aromatic heterocycles. The Bertz CT molecular complexity index is 462. The molecule has 0 spiro atoms. The highest BCUT2D eigenvalue weighted by Crippen LogP contribution is 2.33. The van der Waals surface area contributed by atoms with Gasteiger partial charge in [0.1, 0.15) is 0 Å². The highest BCUT2D eigenvalue weighted by Gasteiger charge is 2.24. The Labute approximate surface area is 119 Å². The van der Waals surface area contributed by atoms with Crippen LogP contribution < -0.4 is 20.5 Å². The number of nitrogens with two attached hydrogens (primary N) is 1. The molecule has 0 radical (unpaired) electrons. The fourth-order valence-electron chi connectivity index (χ4n) is 2.29. The van der Waals surface area contributed by atoms with E-state index in [4.69, 9.17) is 15.2 Å². The van der Waals surface area contributed by atoms with Crippen molar-refractivity contribution in [3.8, 4) is 11.5 Å². The minimum Gasteiger partial charge on any atom is -0.490 e. The Morgan fingerprint density at radius 1 is 1.40 bits per heavy atom. The lowest BCUT2D eigenvalue weighted by atomic mass is 10.1. The third-order valence-corrected chi connectivity index (χ3v) is 3.33. The second-order valence-corrected chi connectivity index (χ2v) is 4.77. The standard InChI is InChI=1S/C15H22N2O3/c1-2-19-12-8-5-6-11(10-16)14(12)20-13-7-3-4-9-17-15(13)18/h5-6,8,13H,2-4,7,9-10,16H2,1H3,(H,17,18). The predicted octanol–water partition coefficient (Wildman–Crippen LogP) is 1.59. The van der Waals surface area contributed by atoms with E-state index in [1.54, 1.807) is 0 Å². The van der Waals surface area contributed by atoms with E-state index in [-0.39, 0.29) is 5.91 Å². The van der Waals surface area contributed by atoms with Crippen LogP contribution in [0.25, 0.3) is 0 Å². The lowest BCUT2D eigenvalue weighted by Gasteiger charge is -2.20. The summed E-state index contributed by atoms with van der Waals surface area (Å²) < 4.78 is 11.5. The van der Waals surface area contributed by atoms with Crippen molar-refractivity contribution < 1.29 is 14.3 Å². The van der Waals surface area contributed by atoms with Crippen molar-refractivity contribution in [3.63, 3.8) is 0 Å². The van der Waals surface area contributed by atoms with Crippen molar-refractivity contribution in [2.45, 2.75) is 38.8 Å². The molecule has 1 atom stereocenters. The zero-order valence-corrected chi connectivity index (χ0v) is 11.9. The molecule has 3 N–H and O–H groups in total. The maximum atomic E-state index is 12.0. The summed E-state index contributed by atoms with van der Waals surface area (Å²) in [6.45, 7) is 3.53. The molecular formula is C15H22N2O3. The molecule has 1 aliphatic rings. The zero-order valence-electron chi connectivity index (χ0n) is 11.9. The van der Waals surface area contributed by atoms with Crippen LogP contribution in [0.4, 0.5) is 0 Å². The van der Waals surface area contributed by atoms with Crippen LogP contribution in [-0.4, -0.2) is 25.2 Å². The van der Waals surface area contributed by atoms with Gasteiger partial charge in [-0.05, 0) is 32.3 Å². The smallest absolute Gasteiger partial charge is 0.261 e. The van der Waals surface area contributed by atoms with Crippen LogP contribution in [0.1, 0.15) is 31.7 Å². The first-order valence-corrected chi connectivity index (χ1v) is 7.15. The predicted molar refractivity (Wildman–Crippen MR) is 76.8 cm³/mol. The Balaban J connectivity index is 2.23. The van der Waals surface area contributed by atoms with E-state index in [9.17, 15) is 4.79 Å². The maximum absolute atomic E-state index is 12.0. The summed E-state index contributed by atoms with van der Waals surface area (Å²) in [5.74, 6) is 1.18. The van der Waals surface area contributed by atoms with Crippen molar-refractivity contribution >= 4 is 5.91 Å². The molecule has 1 aliphatic heterocycles. The van der Waals surface area contributed by atoms with Gasteiger partial charge in [-0.15, -0.1) is 0 Å².